The number of nitrogens with two attached hydrogens (primary N) is 2. The van der Waals surface area contributed by atoms with Crippen LogP contribution in [0.5, 0.6) is 0 Å². The van der Waals surface area contributed by atoms with Gasteiger partial charge in [-0.1, -0.05) is 13.8 Å². The van der Waals surface area contributed by atoms with E-state index in [1.165, 1.54) is 10.9 Å². The molecule has 0 radical (unpaired) electrons. The first-order valence-electron chi connectivity index (χ1n) is 5.89. The molecule has 1 amide bonds. The molecule has 7 nitrogen and oxygen atoms in total. The summed E-state index contributed by atoms with van der Waals surface area (Å²) in [6.45, 7) is 5.95. The van der Waals surface area contributed by atoms with Gasteiger partial charge in [-0.3, -0.25) is 4.79 Å². The standard InChI is InChI=1S/C12H16N6O/c1-6(2)9-4-7(3)15-12(16-9)18-5-8(13)10(17-18)11(14)19/h4-6H,13H2,1-3H3,(H2,14,19). The number of rotatable bonds is 3. The van der Waals surface area contributed by atoms with Crippen molar-refractivity contribution >= 4 is 11.6 Å². The SMILES string of the molecule is Cc1cc(C(C)C)nc(-n2cc(N)c(C(N)=O)n2)n1. The van der Waals surface area contributed by atoms with Crippen LogP contribution in [0.15, 0.2) is 12.3 Å². The van der Waals surface area contributed by atoms with Crippen LogP contribution >= 0.6 is 0 Å². The number of primary amides is 1. The molecule has 0 saturated heterocycles. The average molecular weight is 260 g/mol. The van der Waals surface area contributed by atoms with Crippen molar-refractivity contribution in [1.82, 2.24) is 19.7 Å². The second-order valence-electron chi connectivity index (χ2n) is 4.63. The van der Waals surface area contributed by atoms with Crippen molar-refractivity contribution in [3.8, 4) is 5.95 Å². The Morgan fingerprint density at radius 2 is 2.05 bits per heavy atom. The molecule has 2 heterocycles. The van der Waals surface area contributed by atoms with Gasteiger partial charge in [0.15, 0.2) is 5.69 Å². The number of aromatic nitrogens is 4. The van der Waals surface area contributed by atoms with Crippen molar-refractivity contribution in [3.63, 3.8) is 0 Å². The van der Waals surface area contributed by atoms with E-state index in [0.29, 0.717) is 5.95 Å². The Bertz CT molecular complexity index is 631. The molecule has 0 aromatic carbocycles. The van der Waals surface area contributed by atoms with Crippen LogP contribution in [0.4, 0.5) is 5.69 Å². The number of anilines is 1. The van der Waals surface area contributed by atoms with E-state index in [2.05, 4.69) is 15.1 Å². The van der Waals surface area contributed by atoms with Gasteiger partial charge in [0, 0.05) is 11.4 Å². The van der Waals surface area contributed by atoms with Crippen LogP contribution in [0.25, 0.3) is 5.95 Å². The molecular formula is C12H16N6O. The molecule has 0 spiro atoms. The quantitative estimate of drug-likeness (QED) is 0.846. The van der Waals surface area contributed by atoms with Crippen molar-refractivity contribution in [2.45, 2.75) is 26.7 Å². The van der Waals surface area contributed by atoms with Crippen LogP contribution in [0.2, 0.25) is 0 Å². The van der Waals surface area contributed by atoms with Crippen molar-refractivity contribution in [1.29, 1.82) is 0 Å². The monoisotopic (exact) mass is 260 g/mol. The molecule has 0 aliphatic carbocycles. The van der Waals surface area contributed by atoms with E-state index in [9.17, 15) is 4.79 Å². The van der Waals surface area contributed by atoms with Gasteiger partial charge in [-0.25, -0.2) is 14.6 Å². The number of carbonyl (C=O) groups excluding carboxylic acids is 1. The lowest BCUT2D eigenvalue weighted by Gasteiger charge is -2.07. The van der Waals surface area contributed by atoms with E-state index in [-0.39, 0.29) is 17.3 Å². The highest BCUT2D eigenvalue weighted by Crippen LogP contribution is 2.16. The minimum atomic E-state index is -0.673. The third-order valence-electron chi connectivity index (χ3n) is 2.63. The largest absolute Gasteiger partial charge is 0.395 e. The van der Waals surface area contributed by atoms with E-state index < -0.39 is 5.91 Å². The average Bonchev–Trinajstić information content (AvgIpc) is 2.70. The number of hydrogen-bond acceptors (Lipinski definition) is 5. The lowest BCUT2D eigenvalue weighted by atomic mass is 10.1. The lowest BCUT2D eigenvalue weighted by Crippen LogP contribution is -2.14. The predicted molar refractivity (Wildman–Crippen MR) is 70.9 cm³/mol. The first-order valence-corrected chi connectivity index (χ1v) is 5.89. The summed E-state index contributed by atoms with van der Waals surface area (Å²) in [6.07, 6.45) is 1.49. The van der Waals surface area contributed by atoms with Gasteiger partial charge in [0.25, 0.3) is 11.9 Å². The van der Waals surface area contributed by atoms with Crippen LogP contribution in [-0.2, 0) is 0 Å². The van der Waals surface area contributed by atoms with Crippen LogP contribution in [0.1, 0.15) is 41.6 Å². The number of nitrogens with zero attached hydrogens (tertiary/aromatic N) is 4. The minimum Gasteiger partial charge on any atom is -0.395 e. The third-order valence-corrected chi connectivity index (χ3v) is 2.63. The van der Waals surface area contributed by atoms with E-state index >= 15 is 0 Å². The molecule has 0 bridgehead atoms. The zero-order chi connectivity index (χ0) is 14.2. The number of hydrogen-bond donors (Lipinski definition) is 2. The summed E-state index contributed by atoms with van der Waals surface area (Å²) in [4.78, 5) is 19.8. The van der Waals surface area contributed by atoms with Crippen LogP contribution < -0.4 is 11.5 Å². The maximum absolute atomic E-state index is 11.1. The fourth-order valence-corrected chi connectivity index (χ4v) is 1.66. The molecule has 4 N–H and O–H groups in total. The van der Waals surface area contributed by atoms with Gasteiger partial charge in [-0.15, -0.1) is 0 Å². The fraction of sp³-hybridized carbons (Fsp3) is 0.333. The Morgan fingerprint density at radius 1 is 1.37 bits per heavy atom. The van der Waals surface area contributed by atoms with Crippen LogP contribution in [0, 0.1) is 6.92 Å². The van der Waals surface area contributed by atoms with Gasteiger partial charge in [0.05, 0.1) is 11.9 Å². The summed E-state index contributed by atoms with van der Waals surface area (Å²) < 4.78 is 1.37. The zero-order valence-electron chi connectivity index (χ0n) is 11.1. The molecule has 100 valence electrons. The van der Waals surface area contributed by atoms with E-state index in [1.54, 1.807) is 0 Å². The molecule has 7 heteroatoms. The highest BCUT2D eigenvalue weighted by Gasteiger charge is 2.14. The van der Waals surface area contributed by atoms with Gasteiger partial charge in [0.1, 0.15) is 0 Å². The maximum Gasteiger partial charge on any atom is 0.271 e. The Kier molecular flexibility index (Phi) is 3.20. The number of nitrogen functional groups attached to an aromatic ring is 1. The van der Waals surface area contributed by atoms with Gasteiger partial charge < -0.3 is 11.5 Å². The maximum atomic E-state index is 11.1. The Hall–Kier alpha value is -2.44. The second kappa shape index (κ2) is 4.68. The smallest absolute Gasteiger partial charge is 0.271 e. The lowest BCUT2D eigenvalue weighted by molar-refractivity contribution is 0.0996. The van der Waals surface area contributed by atoms with E-state index in [0.717, 1.165) is 11.4 Å². The van der Waals surface area contributed by atoms with E-state index in [1.807, 2.05) is 26.8 Å². The zero-order valence-corrected chi connectivity index (χ0v) is 11.1. The third kappa shape index (κ3) is 2.54. The highest BCUT2D eigenvalue weighted by atomic mass is 16.1. The van der Waals surface area contributed by atoms with E-state index in [4.69, 9.17) is 11.5 Å². The molecule has 2 aromatic rings. The Labute approximate surface area is 110 Å². The van der Waals surface area contributed by atoms with Crippen molar-refractivity contribution in [3.05, 3.63) is 29.3 Å². The highest BCUT2D eigenvalue weighted by molar-refractivity contribution is 5.95. The van der Waals surface area contributed by atoms with Crippen molar-refractivity contribution in [2.75, 3.05) is 5.73 Å². The summed E-state index contributed by atoms with van der Waals surface area (Å²) in [5, 5.41) is 4.01. The summed E-state index contributed by atoms with van der Waals surface area (Å²) >= 11 is 0. The van der Waals surface area contributed by atoms with Crippen LogP contribution in [-0.4, -0.2) is 25.7 Å². The first kappa shape index (κ1) is 13.0. The topological polar surface area (TPSA) is 113 Å². The molecule has 2 rings (SSSR count). The molecule has 0 aliphatic heterocycles. The number of amides is 1. The van der Waals surface area contributed by atoms with Crippen LogP contribution in [0.3, 0.4) is 0 Å². The molecule has 0 atom stereocenters. The molecule has 0 fully saturated rings. The molecule has 19 heavy (non-hydrogen) atoms. The normalized spacial score (nSPS) is 10.9. The number of carbonyl (C=O) groups is 1. The molecule has 0 saturated carbocycles. The van der Waals surface area contributed by atoms with Gasteiger partial charge >= 0.3 is 0 Å². The molecular weight excluding hydrogens is 244 g/mol. The van der Waals surface area contributed by atoms with Gasteiger partial charge in [-0.2, -0.15) is 5.10 Å². The Balaban J connectivity index is 2.52. The molecule has 2 aromatic heterocycles. The Morgan fingerprint density at radius 3 is 2.58 bits per heavy atom. The minimum absolute atomic E-state index is 0.0243. The van der Waals surface area contributed by atoms with Gasteiger partial charge in [-0.05, 0) is 18.9 Å². The predicted octanol–water partition coefficient (Wildman–Crippen LogP) is 0.775. The first-order chi connectivity index (χ1) is 8.88. The summed E-state index contributed by atoms with van der Waals surface area (Å²) in [6, 6.07) is 1.91. The molecule has 0 unspecified atom stereocenters. The summed E-state index contributed by atoms with van der Waals surface area (Å²) in [7, 11) is 0. The number of aryl methyl sites for hydroxylation is 1. The summed E-state index contributed by atoms with van der Waals surface area (Å²) in [5.74, 6) is -0.0279. The fourth-order valence-electron chi connectivity index (χ4n) is 1.66. The van der Waals surface area contributed by atoms with Gasteiger partial charge in [0.2, 0.25) is 0 Å². The summed E-state index contributed by atoms with van der Waals surface area (Å²) in [5.41, 5.74) is 12.8. The van der Waals surface area contributed by atoms with Crippen molar-refractivity contribution in [2.24, 2.45) is 5.73 Å². The second-order valence-corrected chi connectivity index (χ2v) is 4.63. The van der Waals surface area contributed by atoms with Crippen molar-refractivity contribution < 1.29 is 4.79 Å². The molecule has 0 aliphatic rings.